The van der Waals surface area contributed by atoms with Crippen LogP contribution in [0.2, 0.25) is 0 Å². The van der Waals surface area contributed by atoms with Gasteiger partial charge in [-0.1, -0.05) is 11.6 Å². The lowest BCUT2D eigenvalue weighted by molar-refractivity contribution is -0.141. The van der Waals surface area contributed by atoms with Crippen LogP contribution in [-0.2, 0) is 9.53 Å². The Hall–Kier alpha value is -0.540. The average Bonchev–Trinajstić information content (AvgIpc) is 2.32. The Kier molecular flexibility index (Phi) is 8.35. The topological polar surface area (TPSA) is 26.3 Å². The van der Waals surface area contributed by atoms with Crippen molar-refractivity contribution in [2.75, 3.05) is 12.9 Å². The van der Waals surface area contributed by atoms with E-state index in [9.17, 15) is 18.0 Å². The highest BCUT2D eigenvalue weighted by Gasteiger charge is 2.39. The second-order valence-corrected chi connectivity index (χ2v) is 6.11. The molecule has 0 heterocycles. The van der Waals surface area contributed by atoms with E-state index in [1.807, 2.05) is 0 Å². The number of hydrogen-bond acceptors (Lipinski definition) is 3. The third-order valence-corrected chi connectivity index (χ3v) is 4.18. The third kappa shape index (κ3) is 8.27. The number of unbranched alkanes of at least 4 members (excludes halogenated alkanes) is 2. The van der Waals surface area contributed by atoms with E-state index in [1.54, 1.807) is 0 Å². The number of rotatable bonds is 8. The fourth-order valence-corrected chi connectivity index (χ4v) is 2.88. The van der Waals surface area contributed by atoms with Crippen LogP contribution in [0.15, 0.2) is 0 Å². The van der Waals surface area contributed by atoms with Crippen LogP contribution in [0.25, 0.3) is 0 Å². The monoisotopic (exact) mass is 316 g/mol. The molecule has 0 saturated carbocycles. The molecule has 1 atom stereocenters. The predicted octanol–water partition coefficient (Wildman–Crippen LogP) is 3.97. The van der Waals surface area contributed by atoms with E-state index >= 15 is 0 Å². The first kappa shape index (κ1) is 18.5. The van der Waals surface area contributed by atoms with Gasteiger partial charge >= 0.3 is 12.1 Å². The van der Waals surface area contributed by atoms with E-state index in [1.165, 1.54) is 0 Å². The van der Waals surface area contributed by atoms with Crippen LogP contribution in [0, 0.1) is 12.3 Å². The Labute approximate surface area is 120 Å². The van der Waals surface area contributed by atoms with Gasteiger partial charge in [0.25, 0.3) is 0 Å². The predicted molar refractivity (Wildman–Crippen MR) is 71.0 cm³/mol. The summed E-state index contributed by atoms with van der Waals surface area (Å²) in [4.78, 5) is 11.6. The average molecular weight is 317 g/mol. The van der Waals surface area contributed by atoms with Crippen molar-refractivity contribution in [3.63, 3.8) is 0 Å². The van der Waals surface area contributed by atoms with Gasteiger partial charge in [-0.15, -0.1) is 24.1 Å². The molecule has 0 spiro atoms. The molecule has 110 valence electrons. The van der Waals surface area contributed by atoms with Crippen LogP contribution in [0.3, 0.4) is 0 Å². The van der Waals surface area contributed by atoms with Crippen LogP contribution < -0.4 is 0 Å². The summed E-state index contributed by atoms with van der Waals surface area (Å²) < 4.78 is 39.3. The molecule has 1 unspecified atom stereocenters. The highest BCUT2D eigenvalue weighted by atomic mass is 35.5. The Morgan fingerprint density at radius 1 is 1.37 bits per heavy atom. The van der Waals surface area contributed by atoms with E-state index < -0.39 is 22.8 Å². The minimum atomic E-state index is -4.26. The van der Waals surface area contributed by atoms with Gasteiger partial charge < -0.3 is 4.74 Å². The molecule has 2 nitrogen and oxygen atoms in total. The number of ether oxygens (including phenoxy) is 1. The maximum absolute atomic E-state index is 12.1. The SMILES string of the molecule is C#CCCCCC(Cl)(SCCC(F)(F)F)C(=O)OC. The van der Waals surface area contributed by atoms with Gasteiger partial charge in [0.1, 0.15) is 0 Å². The zero-order valence-electron chi connectivity index (χ0n) is 10.6. The largest absolute Gasteiger partial charge is 0.467 e. The molecule has 0 radical (unpaired) electrons. The van der Waals surface area contributed by atoms with Gasteiger partial charge in [0, 0.05) is 12.2 Å². The highest BCUT2D eigenvalue weighted by Crippen LogP contribution is 2.38. The molecule has 0 aromatic heterocycles. The van der Waals surface area contributed by atoms with Crippen molar-refractivity contribution >= 4 is 29.3 Å². The Balaban J connectivity index is 4.35. The minimum absolute atomic E-state index is 0.228. The molecule has 0 aliphatic carbocycles. The zero-order valence-corrected chi connectivity index (χ0v) is 12.1. The zero-order chi connectivity index (χ0) is 14.9. The van der Waals surface area contributed by atoms with Crippen LogP contribution in [0.5, 0.6) is 0 Å². The van der Waals surface area contributed by atoms with E-state index in [0.29, 0.717) is 19.3 Å². The van der Waals surface area contributed by atoms with Gasteiger partial charge in [0.2, 0.25) is 0 Å². The normalized spacial score (nSPS) is 14.5. The molecule has 19 heavy (non-hydrogen) atoms. The number of terminal acetylenes is 1. The quantitative estimate of drug-likeness (QED) is 0.293. The van der Waals surface area contributed by atoms with Crippen LogP contribution in [0.4, 0.5) is 13.2 Å². The maximum Gasteiger partial charge on any atom is 0.389 e. The first-order valence-electron chi connectivity index (χ1n) is 5.66. The summed E-state index contributed by atoms with van der Waals surface area (Å²) in [6.07, 6.45) is 1.83. The van der Waals surface area contributed by atoms with E-state index in [-0.39, 0.29) is 12.2 Å². The fraction of sp³-hybridized carbons (Fsp3) is 0.750. The van der Waals surface area contributed by atoms with Gasteiger partial charge in [0.05, 0.1) is 13.5 Å². The Morgan fingerprint density at radius 3 is 2.47 bits per heavy atom. The Morgan fingerprint density at radius 2 is 2.00 bits per heavy atom. The lowest BCUT2D eigenvalue weighted by Crippen LogP contribution is -2.31. The summed E-state index contributed by atoms with van der Waals surface area (Å²) >= 11 is 6.83. The van der Waals surface area contributed by atoms with Gasteiger partial charge in [-0.2, -0.15) is 13.2 Å². The van der Waals surface area contributed by atoms with E-state index in [2.05, 4.69) is 10.7 Å². The number of hydrogen-bond donors (Lipinski definition) is 0. The number of alkyl halides is 4. The molecule has 0 bridgehead atoms. The van der Waals surface area contributed by atoms with Crippen molar-refractivity contribution in [2.45, 2.75) is 42.5 Å². The summed E-state index contributed by atoms with van der Waals surface area (Å²) in [6, 6.07) is 0. The molecule has 0 aromatic carbocycles. The molecular formula is C12H16ClF3O2S. The smallest absolute Gasteiger partial charge is 0.389 e. The van der Waals surface area contributed by atoms with Gasteiger partial charge in [-0.25, -0.2) is 4.79 Å². The second-order valence-electron chi connectivity index (χ2n) is 3.84. The first-order valence-corrected chi connectivity index (χ1v) is 7.03. The van der Waals surface area contributed by atoms with E-state index in [4.69, 9.17) is 18.0 Å². The molecule has 0 N–H and O–H groups in total. The van der Waals surface area contributed by atoms with Crippen molar-refractivity contribution in [3.05, 3.63) is 0 Å². The summed E-state index contributed by atoms with van der Waals surface area (Å²) in [5.74, 6) is 1.44. The number of carbonyl (C=O) groups excluding carboxylic acids is 1. The highest BCUT2D eigenvalue weighted by molar-refractivity contribution is 8.02. The van der Waals surface area contributed by atoms with Crippen molar-refractivity contribution in [3.8, 4) is 12.3 Å². The molecule has 0 aromatic rings. The second kappa shape index (κ2) is 8.60. The Bertz CT molecular complexity index is 328. The van der Waals surface area contributed by atoms with Crippen molar-refractivity contribution in [1.82, 2.24) is 0 Å². The molecule has 0 rings (SSSR count). The summed E-state index contributed by atoms with van der Waals surface area (Å²) in [7, 11) is 1.16. The standard InChI is InChI=1S/C12H16ClF3O2S/c1-3-4-5-6-7-11(13,10(17)18-2)19-9-8-12(14,15)16/h1H,4-9H2,2H3. The number of thioether (sulfide) groups is 1. The molecule has 0 saturated heterocycles. The fourth-order valence-electron chi connectivity index (χ4n) is 1.29. The number of carbonyl (C=O) groups is 1. The molecule has 0 amide bonds. The number of halogens is 4. The molecule has 0 aliphatic rings. The summed E-state index contributed by atoms with van der Waals surface area (Å²) in [5.41, 5.74) is 0. The molecular weight excluding hydrogens is 301 g/mol. The molecule has 0 aliphatic heterocycles. The van der Waals surface area contributed by atoms with Gasteiger partial charge in [0.15, 0.2) is 4.21 Å². The van der Waals surface area contributed by atoms with Crippen LogP contribution >= 0.6 is 23.4 Å². The number of methoxy groups -OCH3 is 1. The van der Waals surface area contributed by atoms with E-state index in [0.717, 1.165) is 18.9 Å². The molecule has 7 heteroatoms. The van der Waals surface area contributed by atoms with Gasteiger partial charge in [-0.3, -0.25) is 0 Å². The summed E-state index contributed by atoms with van der Waals surface area (Å²) in [5, 5.41) is 0. The molecule has 0 fully saturated rings. The van der Waals surface area contributed by atoms with Crippen molar-refractivity contribution in [1.29, 1.82) is 0 Å². The van der Waals surface area contributed by atoms with Crippen molar-refractivity contribution < 1.29 is 22.7 Å². The minimum Gasteiger partial charge on any atom is -0.467 e. The van der Waals surface area contributed by atoms with Crippen LogP contribution in [-0.4, -0.2) is 29.2 Å². The first-order chi connectivity index (χ1) is 8.75. The maximum atomic E-state index is 12.1. The summed E-state index contributed by atoms with van der Waals surface area (Å²) in [6.45, 7) is 0. The third-order valence-electron chi connectivity index (χ3n) is 2.28. The van der Waals surface area contributed by atoms with Crippen molar-refractivity contribution in [2.24, 2.45) is 0 Å². The van der Waals surface area contributed by atoms with Gasteiger partial charge in [-0.05, 0) is 19.3 Å². The number of esters is 1. The van der Waals surface area contributed by atoms with Crippen LogP contribution in [0.1, 0.15) is 32.1 Å². The lowest BCUT2D eigenvalue weighted by Gasteiger charge is -2.23. The lowest BCUT2D eigenvalue weighted by atomic mass is 10.1.